The summed E-state index contributed by atoms with van der Waals surface area (Å²) in [4.78, 5) is 12.8. The first-order valence-electron chi connectivity index (χ1n) is 6.65. The van der Waals surface area contributed by atoms with E-state index in [4.69, 9.17) is 9.84 Å². The largest absolute Gasteiger partial charge is 0.481 e. The van der Waals surface area contributed by atoms with Crippen molar-refractivity contribution < 1.29 is 14.6 Å². The van der Waals surface area contributed by atoms with Crippen molar-refractivity contribution in [2.75, 3.05) is 33.4 Å². The number of likely N-dealkylation sites (tertiary alicyclic amines) is 1. The molecule has 0 radical (unpaired) electrons. The van der Waals surface area contributed by atoms with Crippen molar-refractivity contribution in [3.8, 4) is 0 Å². The highest BCUT2D eigenvalue weighted by Gasteiger charge is 2.18. The molecule has 0 aromatic carbocycles. The fraction of sp³-hybridized carbons (Fsp3) is 0.923. The van der Waals surface area contributed by atoms with Crippen molar-refractivity contribution in [1.82, 2.24) is 4.90 Å². The predicted molar refractivity (Wildman–Crippen MR) is 67.1 cm³/mol. The van der Waals surface area contributed by atoms with Crippen LogP contribution in [0.25, 0.3) is 0 Å². The van der Waals surface area contributed by atoms with Gasteiger partial charge in [-0.1, -0.05) is 6.42 Å². The van der Waals surface area contributed by atoms with Crippen LogP contribution in [0.5, 0.6) is 0 Å². The summed E-state index contributed by atoms with van der Waals surface area (Å²) in [7, 11) is 1.77. The van der Waals surface area contributed by atoms with E-state index in [1.807, 2.05) is 0 Å². The molecule has 1 unspecified atom stereocenters. The summed E-state index contributed by atoms with van der Waals surface area (Å²) in [6.07, 6.45) is 5.81. The van der Waals surface area contributed by atoms with E-state index in [9.17, 15) is 4.79 Å². The number of rotatable bonds is 8. The van der Waals surface area contributed by atoms with Crippen molar-refractivity contribution in [2.24, 2.45) is 5.92 Å². The molecule has 1 aliphatic rings. The van der Waals surface area contributed by atoms with Crippen LogP contribution in [0.1, 0.15) is 38.5 Å². The van der Waals surface area contributed by atoms with Gasteiger partial charge in [0.2, 0.25) is 0 Å². The molecular formula is C13H25NO3. The maximum atomic E-state index is 10.4. The Hall–Kier alpha value is -0.610. The van der Waals surface area contributed by atoms with Gasteiger partial charge < -0.3 is 14.7 Å². The Labute approximate surface area is 104 Å². The van der Waals surface area contributed by atoms with Crippen LogP contribution in [0, 0.1) is 5.92 Å². The second kappa shape index (κ2) is 8.48. The van der Waals surface area contributed by atoms with Gasteiger partial charge in [-0.15, -0.1) is 0 Å². The topological polar surface area (TPSA) is 49.8 Å². The van der Waals surface area contributed by atoms with Crippen LogP contribution in [-0.2, 0) is 9.53 Å². The molecule has 4 heteroatoms. The quantitative estimate of drug-likeness (QED) is 0.662. The number of piperidine rings is 1. The molecule has 0 aromatic rings. The highest BCUT2D eigenvalue weighted by atomic mass is 16.5. The van der Waals surface area contributed by atoms with Gasteiger partial charge in [0.1, 0.15) is 0 Å². The lowest BCUT2D eigenvalue weighted by Crippen LogP contribution is -2.37. The number of unbranched alkanes of at least 4 members (excludes halogenated alkanes) is 2. The predicted octanol–water partition coefficient (Wildman–Crippen LogP) is 1.99. The van der Waals surface area contributed by atoms with E-state index in [1.54, 1.807) is 7.11 Å². The second-order valence-electron chi connectivity index (χ2n) is 4.97. The summed E-state index contributed by atoms with van der Waals surface area (Å²) in [6, 6.07) is 0. The standard InChI is InChI=1S/C13H25NO3/c1-17-11-12-6-5-9-14(10-12)8-4-2-3-7-13(15)16/h12H,2-11H2,1H3,(H,15,16). The highest BCUT2D eigenvalue weighted by Crippen LogP contribution is 2.17. The lowest BCUT2D eigenvalue weighted by molar-refractivity contribution is -0.137. The van der Waals surface area contributed by atoms with Crippen LogP contribution >= 0.6 is 0 Å². The third-order valence-corrected chi connectivity index (χ3v) is 3.37. The number of carbonyl (C=O) groups is 1. The van der Waals surface area contributed by atoms with Gasteiger partial charge in [0, 0.05) is 20.1 Å². The van der Waals surface area contributed by atoms with Gasteiger partial charge in [-0.3, -0.25) is 4.79 Å². The Balaban J connectivity index is 2.04. The summed E-state index contributed by atoms with van der Waals surface area (Å²) in [5.74, 6) is 0.0101. The zero-order valence-corrected chi connectivity index (χ0v) is 10.9. The second-order valence-corrected chi connectivity index (χ2v) is 4.97. The van der Waals surface area contributed by atoms with E-state index in [1.165, 1.54) is 19.4 Å². The normalized spacial score (nSPS) is 21.6. The van der Waals surface area contributed by atoms with Crippen LogP contribution in [0.2, 0.25) is 0 Å². The average Bonchev–Trinajstić information content (AvgIpc) is 2.29. The van der Waals surface area contributed by atoms with E-state index in [2.05, 4.69) is 4.90 Å². The smallest absolute Gasteiger partial charge is 0.303 e. The molecule has 0 aromatic heterocycles. The highest BCUT2D eigenvalue weighted by molar-refractivity contribution is 5.66. The fourth-order valence-electron chi connectivity index (χ4n) is 2.51. The summed E-state index contributed by atoms with van der Waals surface area (Å²) >= 11 is 0. The average molecular weight is 243 g/mol. The van der Waals surface area contributed by atoms with Crippen molar-refractivity contribution in [1.29, 1.82) is 0 Å². The zero-order valence-electron chi connectivity index (χ0n) is 10.9. The third-order valence-electron chi connectivity index (χ3n) is 3.37. The molecule has 1 N–H and O–H groups in total. The van der Waals surface area contributed by atoms with Crippen LogP contribution in [0.3, 0.4) is 0 Å². The summed E-state index contributed by atoms with van der Waals surface area (Å²) in [6.45, 7) is 4.32. The Morgan fingerprint density at radius 2 is 2.24 bits per heavy atom. The molecule has 0 bridgehead atoms. The Morgan fingerprint density at radius 1 is 1.41 bits per heavy atom. The van der Waals surface area contributed by atoms with Gasteiger partial charge in [-0.2, -0.15) is 0 Å². The van der Waals surface area contributed by atoms with E-state index in [0.717, 1.165) is 39.0 Å². The molecule has 1 atom stereocenters. The van der Waals surface area contributed by atoms with E-state index in [-0.39, 0.29) is 0 Å². The van der Waals surface area contributed by atoms with Gasteiger partial charge in [0.15, 0.2) is 0 Å². The van der Waals surface area contributed by atoms with Crippen LogP contribution < -0.4 is 0 Å². The molecule has 17 heavy (non-hydrogen) atoms. The van der Waals surface area contributed by atoms with E-state index < -0.39 is 5.97 Å². The number of methoxy groups -OCH3 is 1. The first-order chi connectivity index (χ1) is 8.22. The van der Waals surface area contributed by atoms with Gasteiger partial charge in [0.25, 0.3) is 0 Å². The maximum Gasteiger partial charge on any atom is 0.303 e. The molecule has 0 spiro atoms. The van der Waals surface area contributed by atoms with E-state index in [0.29, 0.717) is 12.3 Å². The number of aliphatic carboxylic acids is 1. The van der Waals surface area contributed by atoms with Crippen LogP contribution in [-0.4, -0.2) is 49.3 Å². The Kier molecular flexibility index (Phi) is 7.21. The maximum absolute atomic E-state index is 10.4. The number of carboxylic acid groups (broad SMARTS) is 1. The molecule has 1 aliphatic heterocycles. The van der Waals surface area contributed by atoms with Gasteiger partial charge in [-0.05, 0) is 44.7 Å². The number of ether oxygens (including phenoxy) is 1. The lowest BCUT2D eigenvalue weighted by Gasteiger charge is -2.32. The molecular weight excluding hydrogens is 218 g/mol. The zero-order chi connectivity index (χ0) is 12.5. The first-order valence-corrected chi connectivity index (χ1v) is 6.65. The van der Waals surface area contributed by atoms with Crippen molar-refractivity contribution >= 4 is 5.97 Å². The van der Waals surface area contributed by atoms with Gasteiger partial charge in [0.05, 0.1) is 6.61 Å². The fourth-order valence-corrected chi connectivity index (χ4v) is 2.51. The third kappa shape index (κ3) is 6.64. The summed E-state index contributed by atoms with van der Waals surface area (Å²) in [5, 5.41) is 8.53. The monoisotopic (exact) mass is 243 g/mol. The molecule has 0 saturated carbocycles. The molecule has 0 amide bonds. The minimum absolute atomic E-state index is 0.312. The minimum Gasteiger partial charge on any atom is -0.481 e. The molecule has 1 fully saturated rings. The van der Waals surface area contributed by atoms with Crippen molar-refractivity contribution in [3.05, 3.63) is 0 Å². The Bertz CT molecular complexity index is 219. The molecule has 1 saturated heterocycles. The lowest BCUT2D eigenvalue weighted by atomic mass is 9.98. The molecule has 1 rings (SSSR count). The van der Waals surface area contributed by atoms with E-state index >= 15 is 0 Å². The minimum atomic E-state index is -0.678. The molecule has 100 valence electrons. The van der Waals surface area contributed by atoms with Crippen molar-refractivity contribution in [2.45, 2.75) is 38.5 Å². The number of hydrogen-bond donors (Lipinski definition) is 1. The Morgan fingerprint density at radius 3 is 2.94 bits per heavy atom. The van der Waals surface area contributed by atoms with Crippen LogP contribution in [0.4, 0.5) is 0 Å². The summed E-state index contributed by atoms with van der Waals surface area (Å²) in [5.41, 5.74) is 0. The number of carboxylic acids is 1. The van der Waals surface area contributed by atoms with Gasteiger partial charge >= 0.3 is 5.97 Å². The summed E-state index contributed by atoms with van der Waals surface area (Å²) < 4.78 is 5.21. The van der Waals surface area contributed by atoms with Crippen molar-refractivity contribution in [3.63, 3.8) is 0 Å². The van der Waals surface area contributed by atoms with Crippen LogP contribution in [0.15, 0.2) is 0 Å². The van der Waals surface area contributed by atoms with Gasteiger partial charge in [-0.25, -0.2) is 0 Å². The number of nitrogens with zero attached hydrogens (tertiary/aromatic N) is 1. The molecule has 4 nitrogen and oxygen atoms in total. The number of hydrogen-bond acceptors (Lipinski definition) is 3. The first kappa shape index (κ1) is 14.5. The molecule has 0 aliphatic carbocycles. The SMILES string of the molecule is COCC1CCCN(CCCCCC(=O)O)C1. The molecule has 1 heterocycles.